The van der Waals surface area contributed by atoms with Crippen LogP contribution in [0.4, 0.5) is 0 Å². The average molecular weight is 208 g/mol. The lowest BCUT2D eigenvalue weighted by Crippen LogP contribution is -2.10. The molecule has 0 N–H and O–H groups in total. The number of carbonyl (C=O) groups excluding carboxylic acids is 1. The summed E-state index contributed by atoms with van der Waals surface area (Å²) in [5.74, 6) is -0.332. The molecule has 15 heavy (non-hydrogen) atoms. The predicted octanol–water partition coefficient (Wildman–Crippen LogP) is 2.45. The van der Waals surface area contributed by atoms with E-state index in [1.807, 2.05) is 32.9 Å². The highest BCUT2D eigenvalue weighted by molar-refractivity contribution is 5.91. The molecule has 3 heteroatoms. The molecule has 0 aromatic heterocycles. The van der Waals surface area contributed by atoms with Gasteiger partial charge in [0, 0.05) is 6.61 Å². The molecule has 1 aromatic rings. The highest BCUT2D eigenvalue weighted by Gasteiger charge is 2.09. The summed E-state index contributed by atoms with van der Waals surface area (Å²) < 4.78 is 9.87. The Balaban J connectivity index is 2.65. The zero-order valence-corrected chi connectivity index (χ0v) is 9.37. The normalized spacial score (nSPS) is 10.1. The van der Waals surface area contributed by atoms with Gasteiger partial charge in [0.15, 0.2) is 6.79 Å². The average Bonchev–Trinajstić information content (AvgIpc) is 2.17. The molecule has 0 fully saturated rings. The zero-order chi connectivity index (χ0) is 11.3. The molecule has 0 unspecified atom stereocenters. The van der Waals surface area contributed by atoms with Crippen LogP contribution in [0.2, 0.25) is 0 Å². The first kappa shape index (κ1) is 11.7. The molecule has 0 radical (unpaired) electrons. The van der Waals surface area contributed by atoms with E-state index in [1.165, 1.54) is 0 Å². The minimum absolute atomic E-state index is 0.0165. The van der Waals surface area contributed by atoms with Crippen molar-refractivity contribution in [1.82, 2.24) is 0 Å². The summed E-state index contributed by atoms with van der Waals surface area (Å²) in [6, 6.07) is 5.63. The zero-order valence-electron chi connectivity index (χ0n) is 9.37. The van der Waals surface area contributed by atoms with Crippen LogP contribution in [0.15, 0.2) is 18.2 Å². The molecule has 0 saturated carbocycles. The Kier molecular flexibility index (Phi) is 4.31. The van der Waals surface area contributed by atoms with Gasteiger partial charge in [0.05, 0.1) is 5.56 Å². The van der Waals surface area contributed by atoms with Gasteiger partial charge < -0.3 is 9.47 Å². The maximum atomic E-state index is 11.5. The first-order valence-electron chi connectivity index (χ1n) is 4.97. The van der Waals surface area contributed by atoms with Gasteiger partial charge in [0.25, 0.3) is 0 Å². The quantitative estimate of drug-likeness (QED) is 0.433. The lowest BCUT2D eigenvalue weighted by atomic mass is 10.1. The van der Waals surface area contributed by atoms with Gasteiger partial charge in [-0.25, -0.2) is 4.79 Å². The van der Waals surface area contributed by atoms with E-state index in [-0.39, 0.29) is 12.8 Å². The minimum Gasteiger partial charge on any atom is -0.435 e. The van der Waals surface area contributed by atoms with Gasteiger partial charge in [-0.2, -0.15) is 0 Å². The number of ether oxygens (including phenoxy) is 2. The summed E-state index contributed by atoms with van der Waals surface area (Å²) in [4.78, 5) is 11.5. The molecule has 0 spiro atoms. The van der Waals surface area contributed by atoms with E-state index in [0.717, 1.165) is 11.1 Å². The number of esters is 1. The van der Waals surface area contributed by atoms with Gasteiger partial charge in [-0.05, 0) is 32.4 Å². The van der Waals surface area contributed by atoms with Crippen molar-refractivity contribution >= 4 is 5.97 Å². The van der Waals surface area contributed by atoms with Gasteiger partial charge in [-0.3, -0.25) is 0 Å². The van der Waals surface area contributed by atoms with Crippen molar-refractivity contribution in [2.45, 2.75) is 20.8 Å². The van der Waals surface area contributed by atoms with Gasteiger partial charge in [-0.1, -0.05) is 17.7 Å². The fourth-order valence-corrected chi connectivity index (χ4v) is 1.30. The maximum Gasteiger partial charge on any atom is 0.340 e. The van der Waals surface area contributed by atoms with E-state index >= 15 is 0 Å². The van der Waals surface area contributed by atoms with Crippen LogP contribution in [0.25, 0.3) is 0 Å². The molecule has 0 amide bonds. The van der Waals surface area contributed by atoms with Crippen LogP contribution in [-0.4, -0.2) is 19.4 Å². The first-order chi connectivity index (χ1) is 7.15. The van der Waals surface area contributed by atoms with Crippen molar-refractivity contribution in [3.05, 3.63) is 34.9 Å². The number of rotatable bonds is 4. The standard InChI is InChI=1S/C12H16O3/c1-4-14-8-15-12(13)11-6-5-9(2)7-10(11)3/h5-7H,4,8H2,1-3H3. The topological polar surface area (TPSA) is 35.5 Å². The third kappa shape index (κ3) is 3.36. The van der Waals surface area contributed by atoms with Crippen LogP contribution >= 0.6 is 0 Å². The summed E-state index contributed by atoms with van der Waals surface area (Å²) >= 11 is 0. The van der Waals surface area contributed by atoms with Gasteiger partial charge >= 0.3 is 5.97 Å². The van der Waals surface area contributed by atoms with Gasteiger partial charge in [0.1, 0.15) is 0 Å². The molecule has 0 saturated heterocycles. The van der Waals surface area contributed by atoms with Crippen molar-refractivity contribution in [3.8, 4) is 0 Å². The second kappa shape index (κ2) is 5.51. The highest BCUT2D eigenvalue weighted by atomic mass is 16.7. The number of benzene rings is 1. The maximum absolute atomic E-state index is 11.5. The molecule has 0 aliphatic carbocycles. The van der Waals surface area contributed by atoms with E-state index < -0.39 is 0 Å². The van der Waals surface area contributed by atoms with Crippen molar-refractivity contribution in [2.75, 3.05) is 13.4 Å². The lowest BCUT2D eigenvalue weighted by molar-refractivity contribution is -0.0275. The predicted molar refractivity (Wildman–Crippen MR) is 57.8 cm³/mol. The number of hydrogen-bond acceptors (Lipinski definition) is 3. The summed E-state index contributed by atoms with van der Waals surface area (Å²) in [6.07, 6.45) is 0. The molecule has 3 nitrogen and oxygen atoms in total. The fourth-order valence-electron chi connectivity index (χ4n) is 1.30. The molecule has 0 aliphatic heterocycles. The molecule has 0 bridgehead atoms. The molecule has 0 heterocycles. The smallest absolute Gasteiger partial charge is 0.340 e. The van der Waals surface area contributed by atoms with E-state index in [2.05, 4.69) is 0 Å². The molecule has 0 atom stereocenters. The fraction of sp³-hybridized carbons (Fsp3) is 0.417. The van der Waals surface area contributed by atoms with Gasteiger partial charge in [-0.15, -0.1) is 0 Å². The van der Waals surface area contributed by atoms with E-state index in [0.29, 0.717) is 12.2 Å². The van der Waals surface area contributed by atoms with Crippen molar-refractivity contribution in [2.24, 2.45) is 0 Å². The SMILES string of the molecule is CCOCOC(=O)c1ccc(C)cc1C. The first-order valence-corrected chi connectivity index (χ1v) is 4.97. The van der Waals surface area contributed by atoms with E-state index in [4.69, 9.17) is 9.47 Å². The number of hydrogen-bond donors (Lipinski definition) is 0. The van der Waals surface area contributed by atoms with E-state index in [1.54, 1.807) is 6.07 Å². The van der Waals surface area contributed by atoms with Crippen LogP contribution in [0, 0.1) is 13.8 Å². The number of carbonyl (C=O) groups is 1. The molecular weight excluding hydrogens is 192 g/mol. The van der Waals surface area contributed by atoms with Crippen molar-refractivity contribution in [1.29, 1.82) is 0 Å². The third-order valence-electron chi connectivity index (χ3n) is 2.08. The Bertz CT molecular complexity index is 345. The molecular formula is C12H16O3. The molecule has 1 aromatic carbocycles. The Morgan fingerprint density at radius 1 is 1.33 bits per heavy atom. The Labute approximate surface area is 90.0 Å². The largest absolute Gasteiger partial charge is 0.435 e. The summed E-state index contributed by atoms with van der Waals surface area (Å²) in [7, 11) is 0. The second-order valence-electron chi connectivity index (χ2n) is 3.36. The van der Waals surface area contributed by atoms with Crippen LogP contribution < -0.4 is 0 Å². The Morgan fingerprint density at radius 2 is 2.07 bits per heavy atom. The summed E-state index contributed by atoms with van der Waals surface area (Å²) in [5.41, 5.74) is 2.66. The minimum atomic E-state index is -0.332. The molecule has 0 aliphatic rings. The van der Waals surface area contributed by atoms with Crippen LogP contribution in [0.5, 0.6) is 0 Å². The summed E-state index contributed by atoms with van der Waals surface area (Å²) in [5, 5.41) is 0. The van der Waals surface area contributed by atoms with Crippen molar-refractivity contribution < 1.29 is 14.3 Å². The highest BCUT2D eigenvalue weighted by Crippen LogP contribution is 2.11. The third-order valence-corrected chi connectivity index (χ3v) is 2.08. The van der Waals surface area contributed by atoms with E-state index in [9.17, 15) is 4.79 Å². The second-order valence-corrected chi connectivity index (χ2v) is 3.36. The monoisotopic (exact) mass is 208 g/mol. The van der Waals surface area contributed by atoms with Crippen molar-refractivity contribution in [3.63, 3.8) is 0 Å². The Hall–Kier alpha value is -1.35. The van der Waals surface area contributed by atoms with Crippen LogP contribution in [-0.2, 0) is 9.47 Å². The molecule has 1 rings (SSSR count). The van der Waals surface area contributed by atoms with Crippen LogP contribution in [0.1, 0.15) is 28.4 Å². The lowest BCUT2D eigenvalue weighted by Gasteiger charge is -2.07. The van der Waals surface area contributed by atoms with Gasteiger partial charge in [0.2, 0.25) is 0 Å². The Morgan fingerprint density at radius 3 is 2.67 bits per heavy atom. The van der Waals surface area contributed by atoms with Crippen LogP contribution in [0.3, 0.4) is 0 Å². The number of aryl methyl sites for hydroxylation is 2. The summed E-state index contributed by atoms with van der Waals surface area (Å²) in [6.45, 7) is 6.29. The molecule has 82 valence electrons.